The lowest BCUT2D eigenvalue weighted by Gasteiger charge is -2.09. The Hall–Kier alpha value is -1.35. The van der Waals surface area contributed by atoms with Crippen molar-refractivity contribution < 1.29 is 0 Å². The molecule has 0 saturated heterocycles. The summed E-state index contributed by atoms with van der Waals surface area (Å²) in [6.45, 7) is 0.873. The van der Waals surface area contributed by atoms with E-state index in [4.69, 9.17) is 0 Å². The van der Waals surface area contributed by atoms with E-state index in [9.17, 15) is 0 Å². The molecule has 1 aromatic carbocycles. The number of hydrogen-bond donors (Lipinski definition) is 1. The summed E-state index contributed by atoms with van der Waals surface area (Å²) in [6, 6.07) is 10.5. The van der Waals surface area contributed by atoms with E-state index in [0.717, 1.165) is 6.54 Å². The summed E-state index contributed by atoms with van der Waals surface area (Å²) < 4.78 is 2.07. The van der Waals surface area contributed by atoms with Gasteiger partial charge >= 0.3 is 0 Å². The molecule has 0 amide bonds. The lowest BCUT2D eigenvalue weighted by molar-refractivity contribution is 0.920. The highest BCUT2D eigenvalue weighted by molar-refractivity contribution is 7.98. The summed E-state index contributed by atoms with van der Waals surface area (Å²) >= 11 is 1.77. The molecule has 1 heterocycles. The number of aryl methyl sites for hydroxylation is 1. The minimum absolute atomic E-state index is 0.873. The van der Waals surface area contributed by atoms with E-state index in [1.54, 1.807) is 11.8 Å². The molecule has 3 heteroatoms. The number of aromatic nitrogens is 1. The number of thioether (sulfide) groups is 1. The molecule has 84 valence electrons. The van der Waals surface area contributed by atoms with Crippen molar-refractivity contribution in [2.24, 2.45) is 7.05 Å². The van der Waals surface area contributed by atoms with Crippen LogP contribution >= 0.6 is 11.8 Å². The third kappa shape index (κ3) is 2.61. The van der Waals surface area contributed by atoms with Crippen LogP contribution in [0, 0.1) is 0 Å². The second-order valence-corrected chi connectivity index (χ2v) is 4.59. The van der Waals surface area contributed by atoms with Gasteiger partial charge in [-0.2, -0.15) is 0 Å². The first kappa shape index (κ1) is 11.1. The van der Waals surface area contributed by atoms with Crippen molar-refractivity contribution in [2.45, 2.75) is 11.4 Å². The molecule has 0 aliphatic carbocycles. The molecule has 0 spiro atoms. The summed E-state index contributed by atoms with van der Waals surface area (Å²) in [6.07, 6.45) is 6.30. The lowest BCUT2D eigenvalue weighted by Crippen LogP contribution is -1.99. The van der Waals surface area contributed by atoms with Crippen molar-refractivity contribution in [3.63, 3.8) is 0 Å². The number of benzene rings is 1. The van der Waals surface area contributed by atoms with Crippen LogP contribution in [0.3, 0.4) is 0 Å². The van der Waals surface area contributed by atoms with Gasteiger partial charge in [0.1, 0.15) is 0 Å². The van der Waals surface area contributed by atoms with Crippen LogP contribution in [0.4, 0.5) is 5.69 Å². The lowest BCUT2D eigenvalue weighted by atomic mass is 10.3. The molecule has 0 aliphatic heterocycles. The fourth-order valence-electron chi connectivity index (χ4n) is 1.65. The zero-order chi connectivity index (χ0) is 11.4. The minimum atomic E-state index is 0.873. The largest absolute Gasteiger partial charge is 0.380 e. The van der Waals surface area contributed by atoms with E-state index < -0.39 is 0 Å². The summed E-state index contributed by atoms with van der Waals surface area (Å²) in [5.74, 6) is 0. The first-order chi connectivity index (χ1) is 7.79. The van der Waals surface area contributed by atoms with Crippen LogP contribution in [-0.4, -0.2) is 10.8 Å². The van der Waals surface area contributed by atoms with Gasteiger partial charge in [-0.15, -0.1) is 11.8 Å². The first-order valence-corrected chi connectivity index (χ1v) is 6.50. The smallest absolute Gasteiger partial charge is 0.0480 e. The number of rotatable bonds is 4. The molecule has 0 saturated carbocycles. The molecular weight excluding hydrogens is 216 g/mol. The van der Waals surface area contributed by atoms with E-state index in [-0.39, 0.29) is 0 Å². The molecule has 0 atom stereocenters. The van der Waals surface area contributed by atoms with Gasteiger partial charge in [0.15, 0.2) is 0 Å². The molecule has 0 bridgehead atoms. The second-order valence-electron chi connectivity index (χ2n) is 3.74. The summed E-state index contributed by atoms with van der Waals surface area (Å²) in [7, 11) is 2.04. The van der Waals surface area contributed by atoms with Crippen LogP contribution in [0.5, 0.6) is 0 Å². The van der Waals surface area contributed by atoms with Gasteiger partial charge in [-0.1, -0.05) is 12.1 Å². The Morgan fingerprint density at radius 2 is 2.06 bits per heavy atom. The molecular formula is C13H16N2S. The Balaban J connectivity index is 2.04. The fourth-order valence-corrected chi connectivity index (χ4v) is 2.23. The highest BCUT2D eigenvalue weighted by Gasteiger charge is 2.00. The van der Waals surface area contributed by atoms with Gasteiger partial charge < -0.3 is 9.88 Å². The van der Waals surface area contributed by atoms with Gasteiger partial charge in [-0.3, -0.25) is 0 Å². The third-order valence-electron chi connectivity index (χ3n) is 2.48. The molecule has 1 aromatic heterocycles. The van der Waals surface area contributed by atoms with Crippen LogP contribution in [0.25, 0.3) is 0 Å². The predicted octanol–water partition coefficient (Wildman–Crippen LogP) is 3.36. The van der Waals surface area contributed by atoms with Gasteiger partial charge in [0, 0.05) is 36.6 Å². The van der Waals surface area contributed by atoms with Crippen molar-refractivity contribution in [2.75, 3.05) is 11.6 Å². The summed E-state index contributed by atoms with van der Waals surface area (Å²) in [5.41, 5.74) is 2.51. The van der Waals surface area contributed by atoms with Crippen LogP contribution in [0.2, 0.25) is 0 Å². The maximum atomic E-state index is 3.46. The molecule has 0 aliphatic rings. The minimum Gasteiger partial charge on any atom is -0.380 e. The van der Waals surface area contributed by atoms with Gasteiger partial charge in [-0.05, 0) is 30.0 Å². The standard InChI is InChI=1S/C13H16N2S/c1-15-8-7-11(10-15)9-14-12-5-3-4-6-13(12)16-2/h3-8,10,14H,9H2,1-2H3. The molecule has 1 N–H and O–H groups in total. The number of para-hydroxylation sites is 1. The fraction of sp³-hybridized carbons (Fsp3) is 0.231. The van der Waals surface area contributed by atoms with E-state index in [0.29, 0.717) is 0 Å². The second kappa shape index (κ2) is 5.12. The number of nitrogens with zero attached hydrogens (tertiary/aromatic N) is 1. The van der Waals surface area contributed by atoms with E-state index in [1.807, 2.05) is 7.05 Å². The normalized spacial score (nSPS) is 10.4. The Morgan fingerprint density at radius 1 is 1.25 bits per heavy atom. The zero-order valence-corrected chi connectivity index (χ0v) is 10.4. The molecule has 2 aromatic rings. The van der Waals surface area contributed by atoms with E-state index >= 15 is 0 Å². The Labute approximate surface area is 101 Å². The van der Waals surface area contributed by atoms with Gasteiger partial charge in [0.25, 0.3) is 0 Å². The number of anilines is 1. The van der Waals surface area contributed by atoms with Crippen molar-refractivity contribution in [1.29, 1.82) is 0 Å². The summed E-state index contributed by atoms with van der Waals surface area (Å²) in [5, 5.41) is 3.46. The van der Waals surface area contributed by atoms with Gasteiger partial charge in [-0.25, -0.2) is 0 Å². The number of hydrogen-bond acceptors (Lipinski definition) is 2. The average molecular weight is 232 g/mol. The van der Waals surface area contributed by atoms with Gasteiger partial charge in [0.05, 0.1) is 0 Å². The summed E-state index contributed by atoms with van der Waals surface area (Å²) in [4.78, 5) is 1.29. The quantitative estimate of drug-likeness (QED) is 0.814. The topological polar surface area (TPSA) is 17.0 Å². The van der Waals surface area contributed by atoms with Crippen molar-refractivity contribution in [1.82, 2.24) is 4.57 Å². The molecule has 16 heavy (non-hydrogen) atoms. The van der Waals surface area contributed by atoms with Crippen molar-refractivity contribution >= 4 is 17.4 Å². The Bertz CT molecular complexity index is 462. The predicted molar refractivity (Wildman–Crippen MR) is 71.0 cm³/mol. The van der Waals surface area contributed by atoms with Crippen LogP contribution in [0.15, 0.2) is 47.6 Å². The molecule has 0 fully saturated rings. The van der Waals surface area contributed by atoms with Crippen LogP contribution < -0.4 is 5.32 Å². The molecule has 2 rings (SSSR count). The monoisotopic (exact) mass is 232 g/mol. The van der Waals surface area contributed by atoms with E-state index in [1.165, 1.54) is 16.1 Å². The highest BCUT2D eigenvalue weighted by Crippen LogP contribution is 2.24. The van der Waals surface area contributed by atoms with Crippen molar-refractivity contribution in [3.05, 3.63) is 48.3 Å². The Morgan fingerprint density at radius 3 is 2.75 bits per heavy atom. The maximum absolute atomic E-state index is 3.46. The first-order valence-electron chi connectivity index (χ1n) is 5.27. The maximum Gasteiger partial charge on any atom is 0.0480 e. The molecule has 0 unspecified atom stereocenters. The zero-order valence-electron chi connectivity index (χ0n) is 9.60. The highest BCUT2D eigenvalue weighted by atomic mass is 32.2. The SMILES string of the molecule is CSc1ccccc1NCc1ccn(C)c1. The van der Waals surface area contributed by atoms with Crippen molar-refractivity contribution in [3.8, 4) is 0 Å². The average Bonchev–Trinajstić information content (AvgIpc) is 2.73. The van der Waals surface area contributed by atoms with Gasteiger partial charge in [0.2, 0.25) is 0 Å². The number of nitrogens with one attached hydrogen (secondary N) is 1. The third-order valence-corrected chi connectivity index (χ3v) is 3.28. The Kier molecular flexibility index (Phi) is 3.57. The van der Waals surface area contributed by atoms with Crippen LogP contribution in [-0.2, 0) is 13.6 Å². The van der Waals surface area contributed by atoms with E-state index in [2.05, 4.69) is 58.9 Å². The molecule has 2 nitrogen and oxygen atoms in total. The molecule has 0 radical (unpaired) electrons. The van der Waals surface area contributed by atoms with Crippen LogP contribution in [0.1, 0.15) is 5.56 Å².